The highest BCUT2D eigenvalue weighted by molar-refractivity contribution is 7.93. The normalized spacial score (nSPS) is 15.1. The number of fused-ring (bicyclic) bond motifs is 1. The fraction of sp³-hybridized carbons (Fsp3) is 0.280. The number of halogens is 2. The van der Waals surface area contributed by atoms with E-state index in [0.29, 0.717) is 23.3 Å². The lowest BCUT2D eigenvalue weighted by molar-refractivity contribution is 0.152. The molecule has 11 nitrogen and oxygen atoms in total. The number of hydrogen-bond acceptors (Lipinski definition) is 9. The minimum Gasteiger partial charge on any atom is -0.496 e. The summed E-state index contributed by atoms with van der Waals surface area (Å²) in [6, 6.07) is 7.96. The van der Waals surface area contributed by atoms with Crippen LogP contribution in [-0.4, -0.2) is 50.8 Å². The lowest BCUT2D eigenvalue weighted by atomic mass is 9.90. The van der Waals surface area contributed by atoms with Gasteiger partial charge in [0.2, 0.25) is 0 Å². The molecule has 39 heavy (non-hydrogen) atoms. The zero-order valence-electron chi connectivity index (χ0n) is 21.1. The molecule has 0 atom stereocenters. The number of nitrogens with one attached hydrogen (secondary N) is 1. The van der Waals surface area contributed by atoms with E-state index in [4.69, 9.17) is 23.5 Å². The molecule has 0 amide bonds. The Kier molecular flexibility index (Phi) is 7.04. The summed E-state index contributed by atoms with van der Waals surface area (Å²) in [5, 5.41) is 8.42. The number of benzene rings is 2. The fourth-order valence-corrected chi connectivity index (χ4v) is 5.59. The molecule has 1 aliphatic rings. The van der Waals surface area contributed by atoms with Crippen molar-refractivity contribution in [3.8, 4) is 23.0 Å². The van der Waals surface area contributed by atoms with Crippen LogP contribution in [0.2, 0.25) is 0 Å². The Morgan fingerprint density at radius 1 is 1.08 bits per heavy atom. The molecular weight excluding hydrogens is 538 g/mol. The number of nitrogens with zero attached hydrogens (tertiary/aromatic N) is 3. The van der Waals surface area contributed by atoms with E-state index in [9.17, 15) is 17.2 Å². The molecule has 0 radical (unpaired) electrons. The number of sulfonamides is 1. The predicted octanol–water partition coefficient (Wildman–Crippen LogP) is 4.59. The van der Waals surface area contributed by atoms with Crippen molar-refractivity contribution >= 4 is 26.8 Å². The molecule has 2 aromatic carbocycles. The highest BCUT2D eigenvalue weighted by atomic mass is 32.2. The molecule has 1 saturated carbocycles. The molecule has 5 rings (SSSR count). The average Bonchev–Trinajstić information content (AvgIpc) is 3.54. The van der Waals surface area contributed by atoms with E-state index in [2.05, 4.69) is 15.0 Å². The molecule has 2 aromatic heterocycles. The van der Waals surface area contributed by atoms with Crippen LogP contribution in [0.3, 0.4) is 0 Å². The first-order valence-corrected chi connectivity index (χ1v) is 13.1. The van der Waals surface area contributed by atoms with Crippen LogP contribution in [0.15, 0.2) is 63.8 Å². The molecule has 0 bridgehead atoms. The molecule has 0 aliphatic heterocycles. The van der Waals surface area contributed by atoms with Gasteiger partial charge in [-0.2, -0.15) is 13.9 Å². The largest absolute Gasteiger partial charge is 0.496 e. The average molecular weight is 563 g/mol. The molecule has 2 heterocycles. The lowest BCUT2D eigenvalue weighted by Gasteiger charge is -2.29. The molecule has 14 heteroatoms. The van der Waals surface area contributed by atoms with Crippen LogP contribution in [0.1, 0.15) is 18.4 Å². The van der Waals surface area contributed by atoms with Crippen LogP contribution in [-0.2, 0) is 16.6 Å². The van der Waals surface area contributed by atoms with E-state index in [-0.39, 0.29) is 46.4 Å². The monoisotopic (exact) mass is 562 g/mol. The third-order valence-electron chi connectivity index (χ3n) is 6.17. The maximum atomic E-state index is 13.6. The number of ether oxygens (including phenoxy) is 4. The Balaban J connectivity index is 1.46. The highest BCUT2D eigenvalue weighted by Crippen LogP contribution is 2.42. The van der Waals surface area contributed by atoms with Gasteiger partial charge in [0.25, 0.3) is 16.1 Å². The maximum Gasteiger partial charge on any atom is 0.270 e. The predicted molar refractivity (Wildman–Crippen MR) is 135 cm³/mol. The fourth-order valence-electron chi connectivity index (χ4n) is 4.28. The second-order valence-corrected chi connectivity index (χ2v) is 10.3. The summed E-state index contributed by atoms with van der Waals surface area (Å²) in [5.41, 5.74) is 1.14. The molecule has 4 aromatic rings. The van der Waals surface area contributed by atoms with Gasteiger partial charge in [0.1, 0.15) is 34.5 Å². The van der Waals surface area contributed by atoms with Crippen LogP contribution in [0.4, 0.5) is 14.6 Å². The summed E-state index contributed by atoms with van der Waals surface area (Å²) in [6.07, 6.45) is 1.45. The first kappa shape index (κ1) is 26.3. The lowest BCUT2D eigenvalue weighted by Crippen LogP contribution is -2.28. The first-order chi connectivity index (χ1) is 18.7. The summed E-state index contributed by atoms with van der Waals surface area (Å²) < 4.78 is 84.0. The Hall–Kier alpha value is -4.33. The van der Waals surface area contributed by atoms with Gasteiger partial charge in [-0.05, 0) is 23.8 Å². The van der Waals surface area contributed by atoms with E-state index in [1.54, 1.807) is 35.3 Å². The number of hydrogen-bond donors (Lipinski definition) is 1. The topological polar surface area (TPSA) is 127 Å². The van der Waals surface area contributed by atoms with E-state index in [0.717, 1.165) is 5.56 Å². The summed E-state index contributed by atoms with van der Waals surface area (Å²) in [5.74, 6) is 0.299. The number of aromatic nitrogens is 3. The second-order valence-electron chi connectivity index (χ2n) is 8.68. The van der Waals surface area contributed by atoms with Crippen LogP contribution < -0.4 is 23.7 Å². The van der Waals surface area contributed by atoms with Gasteiger partial charge in [-0.3, -0.25) is 9.40 Å². The third-order valence-corrected chi connectivity index (χ3v) is 7.58. The minimum atomic E-state index is -4.35. The quantitative estimate of drug-likeness (QED) is 0.295. The Bertz CT molecular complexity index is 1620. The molecule has 0 unspecified atom stereocenters. The molecule has 1 N–H and O–H groups in total. The zero-order chi connectivity index (χ0) is 27.7. The van der Waals surface area contributed by atoms with Gasteiger partial charge in [0.05, 0.1) is 27.9 Å². The zero-order valence-corrected chi connectivity index (χ0v) is 21.9. The van der Waals surface area contributed by atoms with Gasteiger partial charge in [-0.1, -0.05) is 5.16 Å². The molecule has 1 aliphatic carbocycles. The van der Waals surface area contributed by atoms with Gasteiger partial charge in [0, 0.05) is 42.9 Å². The SMILES string of the molecule is COc1cc(OC2CC(=C(F)F)C2)cc(OC)c1S(=O)(=O)Nc1noc2cc(Cn3cccn3)cc(OC)c12. The molecule has 206 valence electrons. The van der Waals surface area contributed by atoms with Crippen molar-refractivity contribution in [1.29, 1.82) is 0 Å². The van der Waals surface area contributed by atoms with Crippen molar-refractivity contribution in [2.75, 3.05) is 26.1 Å². The van der Waals surface area contributed by atoms with Gasteiger partial charge < -0.3 is 23.5 Å². The first-order valence-electron chi connectivity index (χ1n) is 11.6. The minimum absolute atomic E-state index is 0.0334. The van der Waals surface area contributed by atoms with Crippen molar-refractivity contribution < 1.29 is 40.7 Å². The van der Waals surface area contributed by atoms with Crippen molar-refractivity contribution in [1.82, 2.24) is 14.9 Å². The van der Waals surface area contributed by atoms with Crippen molar-refractivity contribution in [3.63, 3.8) is 0 Å². The highest BCUT2D eigenvalue weighted by Gasteiger charge is 2.32. The van der Waals surface area contributed by atoms with E-state index >= 15 is 0 Å². The molecule has 0 saturated heterocycles. The van der Waals surface area contributed by atoms with Gasteiger partial charge in [-0.15, -0.1) is 0 Å². The summed E-state index contributed by atoms with van der Waals surface area (Å²) >= 11 is 0. The van der Waals surface area contributed by atoms with Gasteiger partial charge in [-0.25, -0.2) is 8.42 Å². The van der Waals surface area contributed by atoms with Crippen molar-refractivity contribution in [3.05, 3.63) is 59.9 Å². The van der Waals surface area contributed by atoms with Gasteiger partial charge >= 0.3 is 0 Å². The smallest absolute Gasteiger partial charge is 0.270 e. The van der Waals surface area contributed by atoms with Crippen molar-refractivity contribution in [2.45, 2.75) is 30.4 Å². The van der Waals surface area contributed by atoms with Crippen LogP contribution >= 0.6 is 0 Å². The standard InChI is InChI=1S/C25H24F2N4O7S/c1-34-18-7-14(13-31-6-4-5-28-31)8-19-22(18)25(29-38-19)30-39(32,33)23-20(35-2)11-17(12-21(23)36-3)37-16-9-15(10-16)24(26)27/h4-8,11-12,16H,9-10,13H2,1-3H3,(H,29,30). The van der Waals surface area contributed by atoms with Crippen LogP contribution in [0.5, 0.6) is 23.0 Å². The summed E-state index contributed by atoms with van der Waals surface area (Å²) in [6.45, 7) is 0.436. The number of rotatable bonds is 10. The van der Waals surface area contributed by atoms with E-state index in [1.165, 1.54) is 33.5 Å². The van der Waals surface area contributed by atoms with Crippen LogP contribution in [0.25, 0.3) is 11.0 Å². The second kappa shape index (κ2) is 10.4. The Morgan fingerprint density at radius 2 is 1.77 bits per heavy atom. The summed E-state index contributed by atoms with van der Waals surface area (Å²) in [7, 11) is -0.323. The maximum absolute atomic E-state index is 13.6. The number of methoxy groups -OCH3 is 3. The van der Waals surface area contributed by atoms with E-state index < -0.39 is 22.2 Å². The van der Waals surface area contributed by atoms with Crippen molar-refractivity contribution in [2.24, 2.45) is 0 Å². The number of anilines is 1. The van der Waals surface area contributed by atoms with E-state index in [1.807, 2.05) is 0 Å². The van der Waals surface area contributed by atoms with Crippen LogP contribution in [0, 0.1) is 0 Å². The molecule has 0 spiro atoms. The summed E-state index contributed by atoms with van der Waals surface area (Å²) in [4.78, 5) is -0.311. The molecule has 1 fully saturated rings. The molecular formula is C25H24F2N4O7S. The Morgan fingerprint density at radius 3 is 2.36 bits per heavy atom. The Labute approximate surface area is 221 Å². The third kappa shape index (κ3) is 5.19. The van der Waals surface area contributed by atoms with Gasteiger partial charge in [0.15, 0.2) is 16.3 Å².